The summed E-state index contributed by atoms with van der Waals surface area (Å²) >= 11 is 0. The lowest BCUT2D eigenvalue weighted by molar-refractivity contribution is -0.240. The second-order valence-electron chi connectivity index (χ2n) is 9.34. The lowest BCUT2D eigenvalue weighted by atomic mass is 9.85. The molecule has 0 spiro atoms. The van der Waals surface area contributed by atoms with Crippen LogP contribution in [0.25, 0.3) is 0 Å². The van der Waals surface area contributed by atoms with Gasteiger partial charge in [0.05, 0.1) is 12.2 Å². The first kappa shape index (κ1) is 26.3. The summed E-state index contributed by atoms with van der Waals surface area (Å²) in [4.78, 5) is 24.9. The van der Waals surface area contributed by atoms with Gasteiger partial charge in [-0.15, -0.1) is 0 Å². The highest BCUT2D eigenvalue weighted by molar-refractivity contribution is 5.82. The van der Waals surface area contributed by atoms with Crippen molar-refractivity contribution in [3.63, 3.8) is 0 Å². The van der Waals surface area contributed by atoms with Gasteiger partial charge >= 0.3 is 17.7 Å². The maximum absolute atomic E-state index is 12.8. The number of fused-ring (bicyclic) bond motifs is 1. The SMILES string of the molecule is O=C1CCC/C=C\C[C@@H]2[C@@H](CC[C@H](CCc3ccccc3)OC(=O)[C@@](O)(CO)O1)[C@H](O)C[C@@H]2O. The minimum Gasteiger partial charge on any atom is -0.457 e. The Morgan fingerprint density at radius 3 is 2.47 bits per heavy atom. The van der Waals surface area contributed by atoms with E-state index in [2.05, 4.69) is 0 Å². The van der Waals surface area contributed by atoms with Gasteiger partial charge in [-0.25, -0.2) is 4.79 Å². The monoisotopic (exact) mass is 476 g/mol. The highest BCUT2D eigenvalue weighted by Gasteiger charge is 2.44. The molecule has 0 saturated heterocycles. The number of rotatable bonds is 4. The van der Waals surface area contributed by atoms with Gasteiger partial charge in [0.2, 0.25) is 0 Å². The molecule has 34 heavy (non-hydrogen) atoms. The molecular weight excluding hydrogens is 440 g/mol. The lowest BCUT2D eigenvalue weighted by Gasteiger charge is -2.28. The van der Waals surface area contributed by atoms with E-state index in [4.69, 9.17) is 9.47 Å². The smallest absolute Gasteiger partial charge is 0.382 e. The van der Waals surface area contributed by atoms with E-state index >= 15 is 0 Å². The Hall–Kier alpha value is -2.26. The first-order chi connectivity index (χ1) is 16.3. The van der Waals surface area contributed by atoms with Crippen molar-refractivity contribution in [2.24, 2.45) is 11.8 Å². The predicted molar refractivity (Wildman–Crippen MR) is 123 cm³/mol. The number of carbonyl (C=O) groups is 2. The molecule has 6 atom stereocenters. The van der Waals surface area contributed by atoms with Crippen LogP contribution in [0, 0.1) is 11.8 Å². The highest BCUT2D eigenvalue weighted by atomic mass is 16.7. The van der Waals surface area contributed by atoms with Crippen LogP contribution in [0.3, 0.4) is 0 Å². The third-order valence-corrected chi connectivity index (χ3v) is 6.86. The highest BCUT2D eigenvalue weighted by Crippen LogP contribution is 2.39. The molecule has 1 aliphatic carbocycles. The Kier molecular flexibility index (Phi) is 9.64. The molecule has 1 heterocycles. The molecule has 188 valence electrons. The van der Waals surface area contributed by atoms with Crippen molar-refractivity contribution in [3.8, 4) is 0 Å². The van der Waals surface area contributed by atoms with Crippen molar-refractivity contribution >= 4 is 11.9 Å². The Labute approximate surface area is 200 Å². The van der Waals surface area contributed by atoms with Gasteiger partial charge in [0.1, 0.15) is 12.7 Å². The fraction of sp³-hybridized carbons (Fsp3) is 0.615. The van der Waals surface area contributed by atoms with E-state index in [1.165, 1.54) is 0 Å². The maximum Gasteiger partial charge on any atom is 0.382 e. The molecule has 2 aliphatic rings. The maximum atomic E-state index is 12.8. The summed E-state index contributed by atoms with van der Waals surface area (Å²) in [6.45, 7) is -1.11. The van der Waals surface area contributed by atoms with Crippen LogP contribution in [-0.4, -0.2) is 63.1 Å². The molecule has 0 bridgehead atoms. The first-order valence-electron chi connectivity index (χ1n) is 12.1. The van der Waals surface area contributed by atoms with E-state index in [1.807, 2.05) is 42.5 Å². The number of cyclic esters (lactones) is 2. The topological polar surface area (TPSA) is 134 Å². The number of aliphatic hydroxyl groups is 4. The summed E-state index contributed by atoms with van der Waals surface area (Å²) in [6, 6.07) is 9.66. The largest absolute Gasteiger partial charge is 0.457 e. The van der Waals surface area contributed by atoms with E-state index in [1.54, 1.807) is 0 Å². The average molecular weight is 477 g/mol. The molecule has 1 aromatic rings. The summed E-state index contributed by atoms with van der Waals surface area (Å²) in [5, 5.41) is 41.1. The van der Waals surface area contributed by atoms with Gasteiger partial charge in [0.15, 0.2) is 0 Å². The van der Waals surface area contributed by atoms with Crippen molar-refractivity contribution < 1.29 is 39.5 Å². The zero-order chi connectivity index (χ0) is 24.6. The van der Waals surface area contributed by atoms with Crippen molar-refractivity contribution in [2.75, 3.05) is 6.61 Å². The Morgan fingerprint density at radius 2 is 1.74 bits per heavy atom. The van der Waals surface area contributed by atoms with Crippen LogP contribution in [0.1, 0.15) is 56.9 Å². The Bertz CT molecular complexity index is 825. The second kappa shape index (κ2) is 12.4. The lowest BCUT2D eigenvalue weighted by Crippen LogP contribution is -2.49. The molecule has 8 heteroatoms. The summed E-state index contributed by atoms with van der Waals surface area (Å²) in [7, 11) is 0. The number of esters is 2. The van der Waals surface area contributed by atoms with E-state index < -0.39 is 42.6 Å². The molecule has 0 radical (unpaired) electrons. The molecule has 3 rings (SSSR count). The van der Waals surface area contributed by atoms with Crippen molar-refractivity contribution in [2.45, 2.75) is 81.9 Å². The van der Waals surface area contributed by atoms with E-state index in [0.717, 1.165) is 5.56 Å². The van der Waals surface area contributed by atoms with E-state index in [0.29, 0.717) is 51.4 Å². The van der Waals surface area contributed by atoms with Crippen molar-refractivity contribution in [3.05, 3.63) is 48.0 Å². The van der Waals surface area contributed by atoms with E-state index in [-0.39, 0.29) is 18.3 Å². The fourth-order valence-corrected chi connectivity index (χ4v) is 4.88. The third-order valence-electron chi connectivity index (χ3n) is 6.86. The molecule has 1 aliphatic heterocycles. The molecule has 1 saturated carbocycles. The van der Waals surface area contributed by atoms with Gasteiger partial charge < -0.3 is 29.9 Å². The van der Waals surface area contributed by atoms with Gasteiger partial charge in [-0.3, -0.25) is 4.79 Å². The normalized spacial score (nSPS) is 34.6. The van der Waals surface area contributed by atoms with Gasteiger partial charge in [-0.05, 0) is 68.8 Å². The van der Waals surface area contributed by atoms with Gasteiger partial charge in [0.25, 0.3) is 0 Å². The number of benzene rings is 1. The second-order valence-corrected chi connectivity index (χ2v) is 9.34. The number of hydrogen-bond donors (Lipinski definition) is 4. The van der Waals surface area contributed by atoms with Crippen LogP contribution < -0.4 is 0 Å². The van der Waals surface area contributed by atoms with Gasteiger partial charge in [-0.1, -0.05) is 42.5 Å². The van der Waals surface area contributed by atoms with Crippen molar-refractivity contribution in [1.29, 1.82) is 0 Å². The summed E-state index contributed by atoms with van der Waals surface area (Å²) in [5.74, 6) is -5.04. The third kappa shape index (κ3) is 7.12. The Morgan fingerprint density at radius 1 is 1.00 bits per heavy atom. The molecule has 0 amide bonds. The number of hydrogen-bond acceptors (Lipinski definition) is 8. The summed E-state index contributed by atoms with van der Waals surface area (Å²) < 4.78 is 10.5. The standard InChI is InChI=1S/C26H36O8/c27-17-26(32)25(31)33-19(13-12-18-8-4-3-5-9-18)14-15-21-20(22(28)16-23(21)29)10-6-1-2-7-11-24(30)34-26/h1,3-6,8-9,19-23,27-29,32H,2,7,10-17H2/b6-1-/t19-,20+,21+,22-,23+,26+/m0/s1. The minimum atomic E-state index is -2.76. The number of ether oxygens (including phenoxy) is 2. The first-order valence-corrected chi connectivity index (χ1v) is 12.1. The minimum absolute atomic E-state index is 0.0369. The number of allylic oxidation sites excluding steroid dienone is 2. The molecule has 4 N–H and O–H groups in total. The van der Waals surface area contributed by atoms with Crippen LogP contribution in [-0.2, 0) is 25.5 Å². The molecule has 0 aromatic heterocycles. The predicted octanol–water partition coefficient (Wildman–Crippen LogP) is 2.02. The summed E-state index contributed by atoms with van der Waals surface area (Å²) in [5.41, 5.74) is 1.05. The van der Waals surface area contributed by atoms with Crippen LogP contribution >= 0.6 is 0 Å². The number of aliphatic hydroxyl groups excluding tert-OH is 3. The van der Waals surface area contributed by atoms with Crippen LogP contribution in [0.4, 0.5) is 0 Å². The molecule has 8 nitrogen and oxygen atoms in total. The summed E-state index contributed by atoms with van der Waals surface area (Å²) in [6.07, 6.45) is 5.86. The van der Waals surface area contributed by atoms with Gasteiger partial charge in [-0.2, -0.15) is 0 Å². The zero-order valence-electron chi connectivity index (χ0n) is 19.4. The number of aryl methyl sites for hydroxylation is 1. The number of carbonyl (C=O) groups excluding carboxylic acids is 2. The fourth-order valence-electron chi connectivity index (χ4n) is 4.88. The zero-order valence-corrected chi connectivity index (χ0v) is 19.4. The van der Waals surface area contributed by atoms with Crippen LogP contribution in [0.2, 0.25) is 0 Å². The molecule has 1 aromatic carbocycles. The quantitative estimate of drug-likeness (QED) is 0.383. The molecule has 0 unspecified atom stereocenters. The van der Waals surface area contributed by atoms with Gasteiger partial charge in [0, 0.05) is 6.42 Å². The Balaban J connectivity index is 1.79. The molecule has 1 fully saturated rings. The molecular formula is C26H36O8. The van der Waals surface area contributed by atoms with Crippen LogP contribution in [0.15, 0.2) is 42.5 Å². The van der Waals surface area contributed by atoms with Crippen molar-refractivity contribution in [1.82, 2.24) is 0 Å². The van der Waals surface area contributed by atoms with Crippen LogP contribution in [0.5, 0.6) is 0 Å². The average Bonchev–Trinajstić information content (AvgIpc) is 3.09. The van der Waals surface area contributed by atoms with E-state index in [9.17, 15) is 30.0 Å².